The summed E-state index contributed by atoms with van der Waals surface area (Å²) in [6.07, 6.45) is 80.4. The molecule has 0 heterocycles. The molecular weight excluding hydrogens is 877 g/mol. The Hall–Kier alpha value is -4.19. The van der Waals surface area contributed by atoms with Gasteiger partial charge in [0.15, 0.2) is 6.10 Å². The fourth-order valence-corrected chi connectivity index (χ4v) is 7.57. The minimum absolute atomic E-state index is 0.112. The Morgan fingerprint density at radius 3 is 0.915 bits per heavy atom. The van der Waals surface area contributed by atoms with Gasteiger partial charge in [-0.25, -0.2) is 0 Å². The minimum Gasteiger partial charge on any atom is -0.462 e. The molecular formula is C65H106O6. The van der Waals surface area contributed by atoms with E-state index in [1.54, 1.807) is 0 Å². The molecule has 0 spiro atoms. The summed E-state index contributed by atoms with van der Waals surface area (Å²) >= 11 is 0. The van der Waals surface area contributed by atoms with Crippen LogP contribution in [-0.4, -0.2) is 37.2 Å². The molecule has 0 unspecified atom stereocenters. The van der Waals surface area contributed by atoms with Gasteiger partial charge >= 0.3 is 17.9 Å². The molecule has 0 N–H and O–H groups in total. The molecule has 0 saturated heterocycles. The number of allylic oxidation sites excluding steroid dienone is 20. The van der Waals surface area contributed by atoms with Crippen LogP contribution in [0.2, 0.25) is 0 Å². The van der Waals surface area contributed by atoms with Crippen molar-refractivity contribution in [1.29, 1.82) is 0 Å². The highest BCUT2D eigenvalue weighted by Gasteiger charge is 2.19. The van der Waals surface area contributed by atoms with Crippen LogP contribution in [0.5, 0.6) is 0 Å². The van der Waals surface area contributed by atoms with Gasteiger partial charge in [-0.2, -0.15) is 0 Å². The number of hydrogen-bond donors (Lipinski definition) is 0. The van der Waals surface area contributed by atoms with Crippen molar-refractivity contribution in [2.75, 3.05) is 13.2 Å². The van der Waals surface area contributed by atoms with Crippen molar-refractivity contribution in [3.05, 3.63) is 122 Å². The summed E-state index contributed by atoms with van der Waals surface area (Å²) in [6, 6.07) is 0. The maximum absolute atomic E-state index is 12.9. The Bertz CT molecular complexity index is 1500. The normalized spacial score (nSPS) is 13.0. The lowest BCUT2D eigenvalue weighted by molar-refractivity contribution is -0.167. The van der Waals surface area contributed by atoms with Crippen LogP contribution in [-0.2, 0) is 28.6 Å². The Labute approximate surface area is 437 Å². The molecule has 0 aromatic heterocycles. The van der Waals surface area contributed by atoms with E-state index in [0.717, 1.165) is 109 Å². The number of esters is 3. The van der Waals surface area contributed by atoms with E-state index >= 15 is 0 Å². The summed E-state index contributed by atoms with van der Waals surface area (Å²) in [4.78, 5) is 38.2. The van der Waals surface area contributed by atoms with E-state index in [1.165, 1.54) is 96.3 Å². The molecule has 0 aliphatic heterocycles. The Morgan fingerprint density at radius 1 is 0.296 bits per heavy atom. The highest BCUT2D eigenvalue weighted by molar-refractivity contribution is 5.71. The van der Waals surface area contributed by atoms with Gasteiger partial charge in [-0.3, -0.25) is 14.4 Å². The Morgan fingerprint density at radius 2 is 0.563 bits per heavy atom. The first kappa shape index (κ1) is 66.8. The predicted octanol–water partition coefficient (Wildman–Crippen LogP) is 19.6. The molecule has 0 bridgehead atoms. The topological polar surface area (TPSA) is 78.9 Å². The van der Waals surface area contributed by atoms with Gasteiger partial charge in [0.2, 0.25) is 0 Å². The molecule has 6 nitrogen and oxygen atoms in total. The van der Waals surface area contributed by atoms with Gasteiger partial charge in [-0.05, 0) is 128 Å². The van der Waals surface area contributed by atoms with Crippen molar-refractivity contribution in [2.24, 2.45) is 0 Å². The largest absolute Gasteiger partial charge is 0.462 e. The van der Waals surface area contributed by atoms with Crippen LogP contribution < -0.4 is 0 Å². The molecule has 0 rings (SSSR count). The van der Waals surface area contributed by atoms with Crippen LogP contribution >= 0.6 is 0 Å². The summed E-state index contributed by atoms with van der Waals surface area (Å²) in [5, 5.41) is 0. The van der Waals surface area contributed by atoms with Crippen molar-refractivity contribution in [1.82, 2.24) is 0 Å². The lowest BCUT2D eigenvalue weighted by Gasteiger charge is -2.18. The number of unbranched alkanes of at least 4 members (excludes halogenated alkanes) is 20. The number of carbonyl (C=O) groups excluding carboxylic acids is 3. The van der Waals surface area contributed by atoms with Crippen molar-refractivity contribution in [2.45, 2.75) is 258 Å². The molecule has 0 aliphatic carbocycles. The van der Waals surface area contributed by atoms with Crippen molar-refractivity contribution < 1.29 is 28.6 Å². The van der Waals surface area contributed by atoms with Crippen LogP contribution in [0.4, 0.5) is 0 Å². The molecule has 71 heavy (non-hydrogen) atoms. The molecule has 0 fully saturated rings. The number of carbonyl (C=O) groups is 3. The first-order chi connectivity index (χ1) is 35.0. The van der Waals surface area contributed by atoms with Crippen LogP contribution in [0, 0.1) is 0 Å². The maximum Gasteiger partial charge on any atom is 0.306 e. The molecule has 0 radical (unpaired) electrons. The zero-order valence-corrected chi connectivity index (χ0v) is 45.9. The molecule has 0 aromatic carbocycles. The van der Waals surface area contributed by atoms with Gasteiger partial charge in [0, 0.05) is 19.3 Å². The van der Waals surface area contributed by atoms with Crippen molar-refractivity contribution in [3.8, 4) is 0 Å². The highest BCUT2D eigenvalue weighted by Crippen LogP contribution is 2.14. The summed E-state index contributed by atoms with van der Waals surface area (Å²) in [6.45, 7) is 6.40. The average Bonchev–Trinajstić information content (AvgIpc) is 3.37. The SMILES string of the molecule is CC/C=C\C/C=C\C/C=C\C/C=C\CCCCCCC(=O)OC[C@H](COC(=O)CCC/C=C\C/C=C\C/C=C\C/C=C\CCCCC)OC(=O)CCCCCCCCCCC/C=C\C/C=C\CCCCC. The van der Waals surface area contributed by atoms with Crippen LogP contribution in [0.3, 0.4) is 0 Å². The maximum atomic E-state index is 12.9. The zero-order valence-electron chi connectivity index (χ0n) is 45.9. The fourth-order valence-electron chi connectivity index (χ4n) is 7.57. The smallest absolute Gasteiger partial charge is 0.306 e. The second kappa shape index (κ2) is 58.4. The first-order valence-corrected chi connectivity index (χ1v) is 29.0. The van der Waals surface area contributed by atoms with Crippen LogP contribution in [0.15, 0.2) is 122 Å². The van der Waals surface area contributed by atoms with Gasteiger partial charge in [0.25, 0.3) is 0 Å². The summed E-state index contributed by atoms with van der Waals surface area (Å²) in [5.74, 6) is -0.997. The van der Waals surface area contributed by atoms with E-state index in [4.69, 9.17) is 14.2 Å². The van der Waals surface area contributed by atoms with Gasteiger partial charge in [-0.15, -0.1) is 0 Å². The van der Waals surface area contributed by atoms with Crippen LogP contribution in [0.1, 0.15) is 252 Å². The average molecular weight is 984 g/mol. The summed E-state index contributed by atoms with van der Waals surface area (Å²) < 4.78 is 16.8. The molecule has 0 amide bonds. The molecule has 0 aliphatic rings. The predicted molar refractivity (Wildman–Crippen MR) is 306 cm³/mol. The van der Waals surface area contributed by atoms with Crippen molar-refractivity contribution in [3.63, 3.8) is 0 Å². The molecule has 6 heteroatoms. The highest BCUT2D eigenvalue weighted by atomic mass is 16.6. The summed E-state index contributed by atoms with van der Waals surface area (Å²) in [5.41, 5.74) is 0. The molecule has 0 aromatic rings. The molecule has 1 atom stereocenters. The summed E-state index contributed by atoms with van der Waals surface area (Å²) in [7, 11) is 0. The Balaban J connectivity index is 4.53. The fraction of sp³-hybridized carbons (Fsp3) is 0.646. The third kappa shape index (κ3) is 56.6. The lowest BCUT2D eigenvalue weighted by Crippen LogP contribution is -2.30. The second-order valence-corrected chi connectivity index (χ2v) is 18.8. The monoisotopic (exact) mass is 983 g/mol. The van der Waals surface area contributed by atoms with Gasteiger partial charge < -0.3 is 14.2 Å². The number of hydrogen-bond acceptors (Lipinski definition) is 6. The van der Waals surface area contributed by atoms with E-state index < -0.39 is 6.10 Å². The standard InChI is InChI=1S/C65H106O6/c1-4-7-10-13-16-19-22-25-28-31-32-35-38-41-44-47-50-53-56-59-65(68)71-62(60-69-63(66)57-54-51-48-45-42-39-36-33-29-26-23-20-17-14-11-8-5-2)61-70-64(67)58-55-52-49-46-43-40-37-34-30-27-24-21-18-15-12-9-6-3/h8,11,16-21,25-30,36-37,39-40,46,49,62H,4-7,9-10,12-15,22-24,31-35,38,41-45,47-48,50-61H2,1-3H3/b11-8-,19-16-,20-17-,21-18-,28-25-,29-26-,30-27-,39-36-,40-37-,49-46-/t62-/m1/s1. The minimum atomic E-state index is -0.817. The first-order valence-electron chi connectivity index (χ1n) is 29.0. The van der Waals surface area contributed by atoms with E-state index in [2.05, 4.69) is 142 Å². The quantitative estimate of drug-likeness (QED) is 0.0261. The van der Waals surface area contributed by atoms with E-state index in [0.29, 0.717) is 19.3 Å². The Kier molecular flexibility index (Phi) is 54.9. The number of ether oxygens (including phenoxy) is 3. The lowest BCUT2D eigenvalue weighted by atomic mass is 10.1. The van der Waals surface area contributed by atoms with E-state index in [-0.39, 0.29) is 37.5 Å². The van der Waals surface area contributed by atoms with E-state index in [1.807, 2.05) is 0 Å². The number of rotatable bonds is 51. The van der Waals surface area contributed by atoms with Gasteiger partial charge in [0.1, 0.15) is 13.2 Å². The van der Waals surface area contributed by atoms with Crippen molar-refractivity contribution >= 4 is 17.9 Å². The third-order valence-corrected chi connectivity index (χ3v) is 11.9. The third-order valence-electron chi connectivity index (χ3n) is 11.9. The van der Waals surface area contributed by atoms with E-state index in [9.17, 15) is 14.4 Å². The molecule has 402 valence electrons. The molecule has 0 saturated carbocycles. The second-order valence-electron chi connectivity index (χ2n) is 18.8. The van der Waals surface area contributed by atoms with Gasteiger partial charge in [-0.1, -0.05) is 226 Å². The zero-order chi connectivity index (χ0) is 51.4. The van der Waals surface area contributed by atoms with Gasteiger partial charge in [0.05, 0.1) is 0 Å². The van der Waals surface area contributed by atoms with Crippen LogP contribution in [0.25, 0.3) is 0 Å².